The summed E-state index contributed by atoms with van der Waals surface area (Å²) in [5, 5.41) is 18.3. The number of rotatable bonds is 4. The van der Waals surface area contributed by atoms with Crippen LogP contribution in [0.2, 0.25) is 0 Å². The second-order valence-electron chi connectivity index (χ2n) is 3.07. The minimum absolute atomic E-state index is 0.164. The van der Waals surface area contributed by atoms with E-state index in [0.29, 0.717) is 11.1 Å². The van der Waals surface area contributed by atoms with E-state index in [1.54, 1.807) is 13.0 Å². The molecule has 16 heavy (non-hydrogen) atoms. The van der Waals surface area contributed by atoms with Crippen molar-refractivity contribution in [2.45, 2.75) is 13.5 Å². The minimum Gasteiger partial charge on any atom is -0.496 e. The molecule has 2 N–H and O–H groups in total. The molecule has 5 heteroatoms. The SMILES string of the molecule is CC=C(CO)c1oc(=O)cc(OC)c1CO. The lowest BCUT2D eigenvalue weighted by Crippen LogP contribution is -2.08. The Morgan fingerprint density at radius 1 is 1.56 bits per heavy atom. The maximum Gasteiger partial charge on any atom is 0.339 e. The summed E-state index contributed by atoms with van der Waals surface area (Å²) in [5.74, 6) is 0.415. The Hall–Kier alpha value is -1.59. The van der Waals surface area contributed by atoms with Gasteiger partial charge in [0.15, 0.2) is 0 Å². The zero-order valence-corrected chi connectivity index (χ0v) is 9.19. The predicted molar refractivity (Wildman–Crippen MR) is 58.2 cm³/mol. The van der Waals surface area contributed by atoms with Crippen molar-refractivity contribution >= 4 is 5.57 Å². The molecule has 0 aliphatic carbocycles. The quantitative estimate of drug-likeness (QED) is 0.783. The third kappa shape index (κ3) is 2.32. The third-order valence-corrected chi connectivity index (χ3v) is 2.21. The monoisotopic (exact) mass is 226 g/mol. The Kier molecular flexibility index (Phi) is 4.28. The minimum atomic E-state index is -0.586. The number of methoxy groups -OCH3 is 1. The summed E-state index contributed by atoms with van der Waals surface area (Å²) in [6.45, 7) is 1.09. The number of hydrogen-bond donors (Lipinski definition) is 2. The summed E-state index contributed by atoms with van der Waals surface area (Å²) in [4.78, 5) is 11.2. The first-order valence-corrected chi connectivity index (χ1v) is 4.76. The van der Waals surface area contributed by atoms with E-state index < -0.39 is 5.63 Å². The summed E-state index contributed by atoms with van der Waals surface area (Å²) in [7, 11) is 1.39. The lowest BCUT2D eigenvalue weighted by atomic mass is 10.1. The molecule has 0 radical (unpaired) electrons. The van der Waals surface area contributed by atoms with Gasteiger partial charge in [-0.05, 0) is 6.92 Å². The van der Waals surface area contributed by atoms with Crippen LogP contribution in [-0.2, 0) is 6.61 Å². The van der Waals surface area contributed by atoms with Gasteiger partial charge in [0, 0.05) is 5.57 Å². The molecule has 1 aromatic heterocycles. The second kappa shape index (κ2) is 5.48. The molecule has 0 spiro atoms. The third-order valence-electron chi connectivity index (χ3n) is 2.21. The van der Waals surface area contributed by atoms with Crippen LogP contribution in [0.1, 0.15) is 18.2 Å². The molecule has 1 aromatic rings. The average Bonchev–Trinajstić information content (AvgIpc) is 2.30. The van der Waals surface area contributed by atoms with Gasteiger partial charge in [-0.2, -0.15) is 0 Å². The van der Waals surface area contributed by atoms with Gasteiger partial charge in [-0.25, -0.2) is 4.79 Å². The van der Waals surface area contributed by atoms with Gasteiger partial charge in [-0.3, -0.25) is 0 Å². The lowest BCUT2D eigenvalue weighted by molar-refractivity contribution is 0.265. The fourth-order valence-corrected chi connectivity index (χ4v) is 1.38. The van der Waals surface area contributed by atoms with Crippen LogP contribution in [0.15, 0.2) is 21.4 Å². The second-order valence-corrected chi connectivity index (χ2v) is 3.07. The molecule has 5 nitrogen and oxygen atoms in total. The van der Waals surface area contributed by atoms with Crippen molar-refractivity contribution in [2.24, 2.45) is 0 Å². The van der Waals surface area contributed by atoms with Gasteiger partial charge in [-0.15, -0.1) is 0 Å². The maximum absolute atomic E-state index is 11.2. The summed E-state index contributed by atoms with van der Waals surface area (Å²) < 4.78 is 9.93. The molecule has 88 valence electrons. The topological polar surface area (TPSA) is 79.9 Å². The molecule has 1 rings (SSSR count). The standard InChI is InChI=1S/C11H14O5/c1-3-7(5-12)11-8(6-13)9(15-2)4-10(14)16-11/h3-4,12-13H,5-6H2,1-2H3. The van der Waals surface area contributed by atoms with Crippen molar-refractivity contribution < 1.29 is 19.4 Å². The average molecular weight is 226 g/mol. The molecule has 0 unspecified atom stereocenters. The van der Waals surface area contributed by atoms with Crippen LogP contribution in [0.5, 0.6) is 5.75 Å². The van der Waals surface area contributed by atoms with Crippen molar-refractivity contribution in [2.75, 3.05) is 13.7 Å². The predicted octanol–water partition coefficient (Wildman–Crippen LogP) is 0.536. The number of aliphatic hydroxyl groups excluding tert-OH is 2. The summed E-state index contributed by atoms with van der Waals surface area (Å²) in [6.07, 6.45) is 1.61. The molecule has 0 fully saturated rings. The molecule has 0 bridgehead atoms. The Morgan fingerprint density at radius 2 is 2.25 bits per heavy atom. The van der Waals surface area contributed by atoms with Gasteiger partial charge >= 0.3 is 5.63 Å². The number of aliphatic hydroxyl groups is 2. The molecule has 1 heterocycles. The number of allylic oxidation sites excluding steroid dienone is 1. The van der Waals surface area contributed by atoms with Crippen molar-refractivity contribution in [1.82, 2.24) is 0 Å². The highest BCUT2D eigenvalue weighted by Gasteiger charge is 2.15. The summed E-state index contributed by atoms with van der Waals surface area (Å²) in [6, 6.07) is 1.15. The molecule has 0 aliphatic heterocycles. The van der Waals surface area contributed by atoms with Crippen molar-refractivity contribution in [3.05, 3.63) is 33.9 Å². The highest BCUT2D eigenvalue weighted by Crippen LogP contribution is 2.25. The molecule has 0 saturated heterocycles. The fourth-order valence-electron chi connectivity index (χ4n) is 1.38. The van der Waals surface area contributed by atoms with Crippen LogP contribution in [0.25, 0.3) is 5.57 Å². The van der Waals surface area contributed by atoms with Gasteiger partial charge < -0.3 is 19.4 Å². The van der Waals surface area contributed by atoms with Crippen LogP contribution in [0.4, 0.5) is 0 Å². The Bertz CT molecular complexity index is 444. The Labute approximate surface area is 92.6 Å². The first-order chi connectivity index (χ1) is 7.67. The van der Waals surface area contributed by atoms with Crippen LogP contribution in [0.3, 0.4) is 0 Å². The zero-order chi connectivity index (χ0) is 12.1. The molecule has 0 amide bonds. The molecular formula is C11H14O5. The van der Waals surface area contributed by atoms with Gasteiger partial charge in [0.2, 0.25) is 0 Å². The normalized spacial score (nSPS) is 11.6. The summed E-state index contributed by atoms with van der Waals surface area (Å²) >= 11 is 0. The zero-order valence-electron chi connectivity index (χ0n) is 9.19. The summed E-state index contributed by atoms with van der Waals surface area (Å²) in [5.41, 5.74) is 0.196. The van der Waals surface area contributed by atoms with Gasteiger partial charge in [0.1, 0.15) is 11.5 Å². The largest absolute Gasteiger partial charge is 0.496 e. The molecule has 0 aliphatic rings. The van der Waals surface area contributed by atoms with E-state index in [-0.39, 0.29) is 24.7 Å². The van der Waals surface area contributed by atoms with E-state index in [0.717, 1.165) is 6.07 Å². The van der Waals surface area contributed by atoms with E-state index >= 15 is 0 Å². The molecule has 0 saturated carbocycles. The molecule has 0 aromatic carbocycles. The van der Waals surface area contributed by atoms with Crippen molar-refractivity contribution in [3.63, 3.8) is 0 Å². The molecular weight excluding hydrogens is 212 g/mol. The van der Waals surface area contributed by atoms with Crippen molar-refractivity contribution in [1.29, 1.82) is 0 Å². The van der Waals surface area contributed by atoms with Crippen LogP contribution >= 0.6 is 0 Å². The lowest BCUT2D eigenvalue weighted by Gasteiger charge is -2.10. The van der Waals surface area contributed by atoms with E-state index in [1.165, 1.54) is 7.11 Å². The Morgan fingerprint density at radius 3 is 2.69 bits per heavy atom. The Balaban J connectivity index is 3.47. The van der Waals surface area contributed by atoms with Crippen molar-refractivity contribution in [3.8, 4) is 5.75 Å². The molecule has 0 atom stereocenters. The van der Waals surface area contributed by atoms with E-state index in [9.17, 15) is 9.90 Å². The van der Waals surface area contributed by atoms with Gasteiger partial charge in [0.05, 0.1) is 32.0 Å². The van der Waals surface area contributed by atoms with Crippen LogP contribution in [-0.4, -0.2) is 23.9 Å². The van der Waals surface area contributed by atoms with E-state index in [1.807, 2.05) is 0 Å². The smallest absolute Gasteiger partial charge is 0.339 e. The van der Waals surface area contributed by atoms with Crippen LogP contribution < -0.4 is 10.4 Å². The maximum atomic E-state index is 11.2. The highest BCUT2D eigenvalue weighted by molar-refractivity contribution is 5.65. The van der Waals surface area contributed by atoms with E-state index in [4.69, 9.17) is 14.3 Å². The first kappa shape index (κ1) is 12.5. The highest BCUT2D eigenvalue weighted by atomic mass is 16.5. The van der Waals surface area contributed by atoms with Gasteiger partial charge in [-0.1, -0.05) is 6.08 Å². The number of hydrogen-bond acceptors (Lipinski definition) is 5. The first-order valence-electron chi connectivity index (χ1n) is 4.76. The fraction of sp³-hybridized carbons (Fsp3) is 0.364. The number of ether oxygens (including phenoxy) is 1. The van der Waals surface area contributed by atoms with Gasteiger partial charge in [0.25, 0.3) is 0 Å². The van der Waals surface area contributed by atoms with E-state index in [2.05, 4.69) is 0 Å². The van der Waals surface area contributed by atoms with Crippen LogP contribution in [0, 0.1) is 0 Å².